The van der Waals surface area contributed by atoms with Gasteiger partial charge < -0.3 is 5.73 Å². The molecule has 0 radical (unpaired) electrons. The number of hydrogen-bond acceptors (Lipinski definition) is 2. The summed E-state index contributed by atoms with van der Waals surface area (Å²) in [5.74, 6) is 0. The molecule has 0 aliphatic heterocycles. The van der Waals surface area contributed by atoms with Crippen molar-refractivity contribution in [3.8, 4) is 0 Å². The Morgan fingerprint density at radius 1 is 0.895 bits per heavy atom. The number of rotatable bonds is 11. The lowest BCUT2D eigenvalue weighted by molar-refractivity contribution is 0.565. The van der Waals surface area contributed by atoms with E-state index in [4.69, 9.17) is 5.73 Å². The van der Waals surface area contributed by atoms with E-state index in [0.29, 0.717) is 0 Å². The van der Waals surface area contributed by atoms with Crippen LogP contribution in [0.4, 0.5) is 5.00 Å². The first-order valence-electron chi connectivity index (χ1n) is 8.15. The Balaban J connectivity index is 1.98. The van der Waals surface area contributed by atoms with Crippen LogP contribution in [0.3, 0.4) is 0 Å². The maximum atomic E-state index is 5.98. The minimum absolute atomic E-state index is 1.04. The predicted octanol–water partition coefficient (Wildman–Crippen LogP) is 5.97. The van der Waals surface area contributed by atoms with Gasteiger partial charge >= 0.3 is 0 Å². The summed E-state index contributed by atoms with van der Waals surface area (Å²) in [6.07, 6.45) is 14.9. The van der Waals surface area contributed by atoms with Gasteiger partial charge in [-0.25, -0.2) is 0 Å². The first kappa shape index (κ1) is 16.6. The molecule has 0 unspecified atom stereocenters. The molecule has 110 valence electrons. The van der Waals surface area contributed by atoms with Crippen LogP contribution in [0.15, 0.2) is 6.07 Å². The molecule has 0 atom stereocenters. The lowest BCUT2D eigenvalue weighted by atomic mass is 10.1. The molecule has 0 spiro atoms. The molecule has 0 aromatic carbocycles. The summed E-state index contributed by atoms with van der Waals surface area (Å²) < 4.78 is 0. The molecule has 1 aromatic rings. The summed E-state index contributed by atoms with van der Waals surface area (Å²) in [7, 11) is 0. The van der Waals surface area contributed by atoms with Crippen LogP contribution in [-0.4, -0.2) is 0 Å². The van der Waals surface area contributed by atoms with E-state index in [1.54, 1.807) is 11.3 Å². The van der Waals surface area contributed by atoms with Crippen molar-refractivity contribution < 1.29 is 0 Å². The number of nitrogens with two attached hydrogens (primary N) is 1. The zero-order valence-electron chi connectivity index (χ0n) is 12.8. The minimum atomic E-state index is 1.04. The molecule has 0 aliphatic carbocycles. The van der Waals surface area contributed by atoms with Gasteiger partial charge in [0.25, 0.3) is 0 Å². The van der Waals surface area contributed by atoms with Crippen LogP contribution in [0.2, 0.25) is 0 Å². The van der Waals surface area contributed by atoms with Gasteiger partial charge in [-0.3, -0.25) is 0 Å². The number of nitrogen functional groups attached to an aromatic ring is 1. The highest BCUT2D eigenvalue weighted by atomic mass is 32.1. The Morgan fingerprint density at radius 3 is 2.00 bits per heavy atom. The summed E-state index contributed by atoms with van der Waals surface area (Å²) in [6.45, 7) is 4.46. The minimum Gasteiger partial charge on any atom is -0.390 e. The molecule has 1 nitrogen and oxygen atoms in total. The number of unbranched alkanes of at least 4 members (excludes halogenated alkanes) is 8. The average Bonchev–Trinajstić information content (AvgIpc) is 2.77. The molecule has 0 amide bonds. The number of anilines is 1. The van der Waals surface area contributed by atoms with E-state index in [9.17, 15) is 0 Å². The van der Waals surface area contributed by atoms with Crippen LogP contribution in [0.1, 0.15) is 82.1 Å². The highest BCUT2D eigenvalue weighted by molar-refractivity contribution is 7.16. The van der Waals surface area contributed by atoms with Gasteiger partial charge in [-0.2, -0.15) is 0 Å². The first-order chi connectivity index (χ1) is 9.27. The van der Waals surface area contributed by atoms with E-state index in [1.807, 2.05) is 0 Å². The normalized spacial score (nSPS) is 11.1. The van der Waals surface area contributed by atoms with E-state index in [0.717, 1.165) is 11.4 Å². The number of thiophene rings is 1. The molecule has 0 fully saturated rings. The highest BCUT2D eigenvalue weighted by Crippen LogP contribution is 2.26. The van der Waals surface area contributed by atoms with Crippen LogP contribution in [0.25, 0.3) is 0 Å². The third-order valence-corrected chi connectivity index (χ3v) is 4.87. The van der Waals surface area contributed by atoms with Gasteiger partial charge in [0.1, 0.15) is 0 Å². The smallest absolute Gasteiger partial charge is 0.0891 e. The van der Waals surface area contributed by atoms with E-state index in [-0.39, 0.29) is 0 Å². The van der Waals surface area contributed by atoms with Crippen LogP contribution in [-0.2, 0) is 12.8 Å². The van der Waals surface area contributed by atoms with Crippen LogP contribution >= 0.6 is 11.3 Å². The molecule has 1 rings (SSSR count). The topological polar surface area (TPSA) is 26.0 Å². The van der Waals surface area contributed by atoms with E-state index in [2.05, 4.69) is 19.9 Å². The Kier molecular flexibility index (Phi) is 8.98. The Bertz CT molecular complexity index is 330. The van der Waals surface area contributed by atoms with Crippen molar-refractivity contribution in [3.05, 3.63) is 16.5 Å². The SMILES string of the molecule is CCCCCCCCCCCc1cc(CC)c(N)s1. The van der Waals surface area contributed by atoms with Crippen molar-refractivity contribution in [1.29, 1.82) is 0 Å². The quantitative estimate of drug-likeness (QED) is 0.497. The maximum absolute atomic E-state index is 5.98. The zero-order chi connectivity index (χ0) is 13.9. The molecule has 0 aliphatic rings. The van der Waals surface area contributed by atoms with E-state index < -0.39 is 0 Å². The Labute approximate surface area is 123 Å². The van der Waals surface area contributed by atoms with Crippen molar-refractivity contribution in [3.63, 3.8) is 0 Å². The third-order valence-electron chi connectivity index (χ3n) is 3.80. The van der Waals surface area contributed by atoms with E-state index >= 15 is 0 Å². The fourth-order valence-corrected chi connectivity index (χ4v) is 3.58. The van der Waals surface area contributed by atoms with Gasteiger partial charge in [0, 0.05) is 4.88 Å². The van der Waals surface area contributed by atoms with Crippen molar-refractivity contribution in [2.24, 2.45) is 0 Å². The largest absolute Gasteiger partial charge is 0.390 e. The molecule has 1 heterocycles. The molecule has 0 saturated carbocycles. The number of aryl methyl sites for hydroxylation is 2. The average molecular weight is 282 g/mol. The van der Waals surface area contributed by atoms with Crippen molar-refractivity contribution in [2.75, 3.05) is 5.73 Å². The third kappa shape index (κ3) is 7.00. The number of hydrogen-bond donors (Lipinski definition) is 1. The standard InChI is InChI=1S/C17H31NS/c1-3-5-6-7-8-9-10-11-12-13-16-14-15(4-2)17(18)19-16/h14H,3-13,18H2,1-2H3. The molecule has 1 aromatic heterocycles. The zero-order valence-corrected chi connectivity index (χ0v) is 13.7. The summed E-state index contributed by atoms with van der Waals surface area (Å²) in [5, 5.41) is 1.04. The molecular formula is C17H31NS. The summed E-state index contributed by atoms with van der Waals surface area (Å²) >= 11 is 1.79. The van der Waals surface area contributed by atoms with Gasteiger partial charge in [0.15, 0.2) is 0 Å². The molecular weight excluding hydrogens is 250 g/mol. The molecule has 2 N–H and O–H groups in total. The van der Waals surface area contributed by atoms with E-state index in [1.165, 1.54) is 74.6 Å². The monoisotopic (exact) mass is 281 g/mol. The second kappa shape index (κ2) is 10.3. The fraction of sp³-hybridized carbons (Fsp3) is 0.765. The lowest BCUT2D eigenvalue weighted by Crippen LogP contribution is -1.84. The lowest BCUT2D eigenvalue weighted by Gasteiger charge is -2.01. The fourth-order valence-electron chi connectivity index (χ4n) is 2.51. The van der Waals surface area contributed by atoms with Gasteiger partial charge in [-0.15, -0.1) is 11.3 Å². The second-order valence-electron chi connectivity index (χ2n) is 5.53. The van der Waals surface area contributed by atoms with Crippen LogP contribution in [0, 0.1) is 0 Å². The summed E-state index contributed by atoms with van der Waals surface area (Å²) in [5.41, 5.74) is 7.32. The Hall–Kier alpha value is -0.500. The summed E-state index contributed by atoms with van der Waals surface area (Å²) in [6, 6.07) is 2.31. The van der Waals surface area contributed by atoms with Crippen LogP contribution < -0.4 is 5.73 Å². The van der Waals surface area contributed by atoms with Crippen LogP contribution in [0.5, 0.6) is 0 Å². The first-order valence-corrected chi connectivity index (χ1v) is 8.96. The molecule has 2 heteroatoms. The van der Waals surface area contributed by atoms with Crippen molar-refractivity contribution >= 4 is 16.3 Å². The van der Waals surface area contributed by atoms with Gasteiger partial charge in [-0.1, -0.05) is 65.2 Å². The summed E-state index contributed by atoms with van der Waals surface area (Å²) in [4.78, 5) is 1.48. The molecule has 19 heavy (non-hydrogen) atoms. The van der Waals surface area contributed by atoms with Gasteiger partial charge in [0.05, 0.1) is 5.00 Å². The van der Waals surface area contributed by atoms with Gasteiger partial charge in [0.2, 0.25) is 0 Å². The molecule has 0 saturated heterocycles. The van der Waals surface area contributed by atoms with Crippen molar-refractivity contribution in [2.45, 2.75) is 84.5 Å². The Morgan fingerprint density at radius 2 is 1.47 bits per heavy atom. The molecule has 0 bridgehead atoms. The van der Waals surface area contributed by atoms with Crippen molar-refractivity contribution in [1.82, 2.24) is 0 Å². The maximum Gasteiger partial charge on any atom is 0.0891 e. The van der Waals surface area contributed by atoms with Gasteiger partial charge in [-0.05, 0) is 30.9 Å². The predicted molar refractivity (Wildman–Crippen MR) is 89.0 cm³/mol. The second-order valence-corrected chi connectivity index (χ2v) is 6.70. The highest BCUT2D eigenvalue weighted by Gasteiger charge is 2.04.